The number of halogens is 1. The van der Waals surface area contributed by atoms with Crippen LogP contribution in [-0.4, -0.2) is 16.1 Å². The van der Waals surface area contributed by atoms with E-state index in [1.807, 2.05) is 18.4 Å². The van der Waals surface area contributed by atoms with Crippen molar-refractivity contribution in [1.29, 1.82) is 0 Å². The first-order valence-corrected chi connectivity index (χ1v) is 7.24. The summed E-state index contributed by atoms with van der Waals surface area (Å²) in [4.78, 5) is 16.7. The number of aryl methyl sites for hydroxylation is 2. The SMILES string of the molecule is Cc1cc(F)c2nc(-c3sccc3C)cc(C(=O)O)c2c1. The molecular formula is C16H12FNO2S. The average Bonchev–Trinajstić information content (AvgIpc) is 2.84. The number of carboxylic acids is 1. The lowest BCUT2D eigenvalue weighted by Gasteiger charge is -2.08. The van der Waals surface area contributed by atoms with Gasteiger partial charge in [-0.15, -0.1) is 11.3 Å². The second-order valence-electron chi connectivity index (χ2n) is 4.94. The van der Waals surface area contributed by atoms with Crippen molar-refractivity contribution in [2.75, 3.05) is 0 Å². The summed E-state index contributed by atoms with van der Waals surface area (Å²) in [5.41, 5.74) is 2.34. The highest BCUT2D eigenvalue weighted by molar-refractivity contribution is 7.13. The molecule has 3 nitrogen and oxygen atoms in total. The van der Waals surface area contributed by atoms with Gasteiger partial charge in [0.25, 0.3) is 0 Å². The molecule has 3 rings (SSSR count). The molecule has 0 fully saturated rings. The third-order valence-corrected chi connectivity index (χ3v) is 4.38. The lowest BCUT2D eigenvalue weighted by Crippen LogP contribution is -2.02. The van der Waals surface area contributed by atoms with Gasteiger partial charge in [-0.25, -0.2) is 14.2 Å². The highest BCUT2D eigenvalue weighted by atomic mass is 32.1. The van der Waals surface area contributed by atoms with Gasteiger partial charge in [-0.3, -0.25) is 0 Å². The molecule has 0 atom stereocenters. The number of benzene rings is 1. The number of rotatable bonds is 2. The molecular weight excluding hydrogens is 289 g/mol. The van der Waals surface area contributed by atoms with E-state index in [-0.39, 0.29) is 11.1 Å². The third-order valence-electron chi connectivity index (χ3n) is 3.34. The van der Waals surface area contributed by atoms with Crippen LogP contribution in [0.3, 0.4) is 0 Å². The largest absolute Gasteiger partial charge is 0.478 e. The van der Waals surface area contributed by atoms with Crippen LogP contribution in [0, 0.1) is 19.7 Å². The maximum Gasteiger partial charge on any atom is 0.336 e. The number of aromatic carboxylic acids is 1. The van der Waals surface area contributed by atoms with E-state index in [2.05, 4.69) is 4.98 Å². The fourth-order valence-corrected chi connectivity index (χ4v) is 3.24. The van der Waals surface area contributed by atoms with Gasteiger partial charge < -0.3 is 5.11 Å². The van der Waals surface area contributed by atoms with Crippen LogP contribution in [0.4, 0.5) is 4.39 Å². The van der Waals surface area contributed by atoms with Crippen molar-refractivity contribution in [3.63, 3.8) is 0 Å². The Morgan fingerprint density at radius 3 is 2.67 bits per heavy atom. The highest BCUT2D eigenvalue weighted by Gasteiger charge is 2.17. The molecule has 1 N–H and O–H groups in total. The van der Waals surface area contributed by atoms with Gasteiger partial charge in [-0.2, -0.15) is 0 Å². The van der Waals surface area contributed by atoms with Crippen molar-refractivity contribution in [3.8, 4) is 10.6 Å². The van der Waals surface area contributed by atoms with Gasteiger partial charge in [-0.1, -0.05) is 0 Å². The summed E-state index contributed by atoms with van der Waals surface area (Å²) in [6.45, 7) is 3.65. The van der Waals surface area contributed by atoms with E-state index in [1.165, 1.54) is 23.5 Å². The quantitative estimate of drug-likeness (QED) is 0.762. The van der Waals surface area contributed by atoms with E-state index in [9.17, 15) is 14.3 Å². The van der Waals surface area contributed by atoms with E-state index < -0.39 is 11.8 Å². The van der Waals surface area contributed by atoms with Crippen LogP contribution in [0.25, 0.3) is 21.5 Å². The van der Waals surface area contributed by atoms with Crippen LogP contribution in [0.1, 0.15) is 21.5 Å². The Balaban J connectivity index is 2.40. The Labute approximate surface area is 124 Å². The van der Waals surface area contributed by atoms with Crippen LogP contribution in [0.2, 0.25) is 0 Å². The number of thiophene rings is 1. The summed E-state index contributed by atoms with van der Waals surface area (Å²) in [5.74, 6) is -1.58. The maximum absolute atomic E-state index is 14.2. The second kappa shape index (κ2) is 4.93. The number of pyridine rings is 1. The molecule has 3 aromatic rings. The van der Waals surface area contributed by atoms with Gasteiger partial charge in [0.1, 0.15) is 11.3 Å². The van der Waals surface area contributed by atoms with Gasteiger partial charge in [0.05, 0.1) is 16.1 Å². The van der Waals surface area contributed by atoms with Gasteiger partial charge in [0, 0.05) is 5.39 Å². The van der Waals surface area contributed by atoms with E-state index in [4.69, 9.17) is 0 Å². The summed E-state index contributed by atoms with van der Waals surface area (Å²) in [6, 6.07) is 6.46. The summed E-state index contributed by atoms with van der Waals surface area (Å²) in [7, 11) is 0. The van der Waals surface area contributed by atoms with E-state index in [0.29, 0.717) is 16.6 Å². The fraction of sp³-hybridized carbons (Fsp3) is 0.125. The third kappa shape index (κ3) is 2.29. The Kier molecular flexibility index (Phi) is 3.22. The number of carbonyl (C=O) groups is 1. The van der Waals surface area contributed by atoms with Crippen LogP contribution in [-0.2, 0) is 0 Å². The average molecular weight is 301 g/mol. The molecule has 1 aromatic carbocycles. The smallest absolute Gasteiger partial charge is 0.336 e. The maximum atomic E-state index is 14.2. The normalized spacial score (nSPS) is 11.0. The summed E-state index contributed by atoms with van der Waals surface area (Å²) >= 11 is 1.46. The molecule has 0 radical (unpaired) electrons. The number of hydrogen-bond acceptors (Lipinski definition) is 3. The lowest BCUT2D eigenvalue weighted by atomic mass is 10.0. The molecule has 2 heterocycles. The van der Waals surface area contributed by atoms with E-state index in [1.54, 1.807) is 13.0 Å². The first-order chi connectivity index (χ1) is 9.97. The molecule has 106 valence electrons. The Morgan fingerprint density at radius 1 is 1.29 bits per heavy atom. The van der Waals surface area contributed by atoms with Crippen molar-refractivity contribution < 1.29 is 14.3 Å². The molecule has 0 aliphatic carbocycles. The predicted molar refractivity (Wildman–Crippen MR) is 81.4 cm³/mol. The topological polar surface area (TPSA) is 50.2 Å². The van der Waals surface area contributed by atoms with Gasteiger partial charge in [0.2, 0.25) is 0 Å². The van der Waals surface area contributed by atoms with Crippen molar-refractivity contribution in [3.05, 3.63) is 52.2 Å². The Morgan fingerprint density at radius 2 is 2.05 bits per heavy atom. The Bertz CT molecular complexity index is 870. The second-order valence-corrected chi connectivity index (χ2v) is 5.85. The van der Waals surface area contributed by atoms with Crippen LogP contribution < -0.4 is 0 Å². The Hall–Kier alpha value is -2.27. The minimum atomic E-state index is -1.08. The van der Waals surface area contributed by atoms with Gasteiger partial charge >= 0.3 is 5.97 Å². The van der Waals surface area contributed by atoms with Crippen molar-refractivity contribution in [2.45, 2.75) is 13.8 Å². The summed E-state index contributed by atoms with van der Waals surface area (Å²) in [6.07, 6.45) is 0. The van der Waals surface area contributed by atoms with Crippen LogP contribution >= 0.6 is 11.3 Å². The predicted octanol–water partition coefficient (Wildman–Crippen LogP) is 4.42. The molecule has 0 aliphatic rings. The highest BCUT2D eigenvalue weighted by Crippen LogP contribution is 2.32. The molecule has 0 aliphatic heterocycles. The van der Waals surface area contributed by atoms with Crippen molar-refractivity contribution in [2.24, 2.45) is 0 Å². The molecule has 0 unspecified atom stereocenters. The monoisotopic (exact) mass is 301 g/mol. The van der Waals surface area contributed by atoms with Gasteiger partial charge in [0.15, 0.2) is 0 Å². The molecule has 0 saturated heterocycles. The summed E-state index contributed by atoms with van der Waals surface area (Å²) in [5, 5.41) is 11.6. The molecule has 2 aromatic heterocycles. The van der Waals surface area contributed by atoms with Gasteiger partial charge in [-0.05, 0) is 54.6 Å². The zero-order valence-corrected chi connectivity index (χ0v) is 12.3. The molecule has 0 spiro atoms. The lowest BCUT2D eigenvalue weighted by molar-refractivity contribution is 0.0699. The minimum absolute atomic E-state index is 0.0744. The fourth-order valence-electron chi connectivity index (χ4n) is 2.35. The first-order valence-electron chi connectivity index (χ1n) is 6.36. The number of hydrogen-bond donors (Lipinski definition) is 1. The minimum Gasteiger partial charge on any atom is -0.478 e. The molecule has 0 bridgehead atoms. The molecule has 0 amide bonds. The number of aromatic nitrogens is 1. The van der Waals surface area contributed by atoms with Crippen molar-refractivity contribution in [1.82, 2.24) is 4.98 Å². The van der Waals surface area contributed by atoms with Crippen molar-refractivity contribution >= 4 is 28.2 Å². The van der Waals surface area contributed by atoms with Crippen LogP contribution in [0.5, 0.6) is 0 Å². The zero-order chi connectivity index (χ0) is 15.1. The number of nitrogens with zero attached hydrogens (tertiary/aromatic N) is 1. The standard InChI is InChI=1S/C16H12FNO2S/c1-8-5-10-11(16(19)20)7-13(15-9(2)3-4-21-15)18-14(10)12(17)6-8/h3-7H,1-2H3,(H,19,20). The molecule has 5 heteroatoms. The number of carboxylic acid groups (broad SMARTS) is 1. The zero-order valence-electron chi connectivity index (χ0n) is 11.5. The summed E-state index contributed by atoms with van der Waals surface area (Å²) < 4.78 is 14.2. The van der Waals surface area contributed by atoms with Crippen LogP contribution in [0.15, 0.2) is 29.6 Å². The molecule has 0 saturated carbocycles. The first kappa shape index (κ1) is 13.7. The van der Waals surface area contributed by atoms with E-state index in [0.717, 1.165) is 10.4 Å². The molecule has 21 heavy (non-hydrogen) atoms. The van der Waals surface area contributed by atoms with E-state index >= 15 is 0 Å². The number of fused-ring (bicyclic) bond motifs is 1.